The summed E-state index contributed by atoms with van der Waals surface area (Å²) in [5.41, 5.74) is 0.809. The topological polar surface area (TPSA) is 71.3 Å². The Labute approximate surface area is 146 Å². The zero-order valence-corrected chi connectivity index (χ0v) is 14.6. The number of aromatic nitrogens is 3. The molecule has 3 heterocycles. The summed E-state index contributed by atoms with van der Waals surface area (Å²) in [5, 5.41) is 0. The summed E-state index contributed by atoms with van der Waals surface area (Å²) >= 11 is 0. The molecule has 1 amide bonds. The maximum Gasteiger partial charge on any atom is 0.347 e. The maximum absolute atomic E-state index is 12.6. The van der Waals surface area contributed by atoms with Gasteiger partial charge in [-0.2, -0.15) is 0 Å². The van der Waals surface area contributed by atoms with Crippen LogP contribution in [0.1, 0.15) is 24.3 Å². The van der Waals surface area contributed by atoms with Crippen LogP contribution in [-0.4, -0.2) is 52.5 Å². The molecule has 0 spiro atoms. The zero-order chi connectivity index (χ0) is 17.8. The molecule has 1 atom stereocenters. The van der Waals surface area contributed by atoms with E-state index in [2.05, 4.69) is 16.0 Å². The molecule has 25 heavy (non-hydrogen) atoms. The molecule has 7 heteroatoms. The standard InChI is InChI=1S/C18H23N5O2/c1-21(2)16-11-14(6-8-19-16)15-5-3-9-22(12-15)17(24)13-23-10-4-7-20-18(23)25/h4,6-8,10-11,15H,3,5,9,12-13H2,1-2H3/t15-/m1/s1. The lowest BCUT2D eigenvalue weighted by molar-refractivity contribution is -0.133. The summed E-state index contributed by atoms with van der Waals surface area (Å²) in [5.74, 6) is 1.18. The van der Waals surface area contributed by atoms with E-state index >= 15 is 0 Å². The van der Waals surface area contributed by atoms with Crippen LogP contribution in [0.2, 0.25) is 0 Å². The summed E-state index contributed by atoms with van der Waals surface area (Å²) in [4.78, 5) is 36.2. The van der Waals surface area contributed by atoms with E-state index in [1.807, 2.05) is 36.2 Å². The van der Waals surface area contributed by atoms with E-state index in [0.29, 0.717) is 12.5 Å². The minimum atomic E-state index is -0.394. The monoisotopic (exact) mass is 341 g/mol. The van der Waals surface area contributed by atoms with E-state index in [4.69, 9.17) is 0 Å². The Morgan fingerprint density at radius 3 is 2.92 bits per heavy atom. The van der Waals surface area contributed by atoms with Crippen molar-refractivity contribution in [2.75, 3.05) is 32.1 Å². The highest BCUT2D eigenvalue weighted by atomic mass is 16.2. The molecule has 1 fully saturated rings. The van der Waals surface area contributed by atoms with Gasteiger partial charge in [0, 0.05) is 51.7 Å². The highest BCUT2D eigenvalue weighted by molar-refractivity contribution is 5.76. The van der Waals surface area contributed by atoms with Crippen LogP contribution >= 0.6 is 0 Å². The highest BCUT2D eigenvalue weighted by Gasteiger charge is 2.25. The zero-order valence-electron chi connectivity index (χ0n) is 14.6. The van der Waals surface area contributed by atoms with Crippen molar-refractivity contribution in [1.29, 1.82) is 0 Å². The van der Waals surface area contributed by atoms with Crippen molar-refractivity contribution in [1.82, 2.24) is 19.4 Å². The predicted molar refractivity (Wildman–Crippen MR) is 95.6 cm³/mol. The molecule has 3 rings (SSSR count). The maximum atomic E-state index is 12.6. The molecule has 1 aliphatic rings. The van der Waals surface area contributed by atoms with Crippen LogP contribution in [0.4, 0.5) is 5.82 Å². The number of anilines is 1. The van der Waals surface area contributed by atoms with Crippen molar-refractivity contribution < 1.29 is 4.79 Å². The molecule has 0 aromatic carbocycles. The van der Waals surface area contributed by atoms with E-state index in [9.17, 15) is 9.59 Å². The fourth-order valence-corrected chi connectivity index (χ4v) is 3.16. The van der Waals surface area contributed by atoms with E-state index in [-0.39, 0.29) is 12.5 Å². The molecule has 2 aromatic rings. The lowest BCUT2D eigenvalue weighted by Gasteiger charge is -2.33. The van der Waals surface area contributed by atoms with Crippen LogP contribution < -0.4 is 10.6 Å². The normalized spacial score (nSPS) is 17.4. The van der Waals surface area contributed by atoms with Crippen LogP contribution in [0.5, 0.6) is 0 Å². The third-order valence-corrected chi connectivity index (χ3v) is 4.56. The lowest BCUT2D eigenvalue weighted by atomic mass is 9.91. The van der Waals surface area contributed by atoms with Crippen molar-refractivity contribution >= 4 is 11.7 Å². The fraction of sp³-hybridized carbons (Fsp3) is 0.444. The van der Waals surface area contributed by atoms with Gasteiger partial charge in [0.2, 0.25) is 5.91 Å². The largest absolute Gasteiger partial charge is 0.363 e. The molecule has 0 aliphatic carbocycles. The molecule has 1 aliphatic heterocycles. The molecule has 132 valence electrons. The second kappa shape index (κ2) is 7.46. The highest BCUT2D eigenvalue weighted by Crippen LogP contribution is 2.28. The summed E-state index contributed by atoms with van der Waals surface area (Å²) in [6.07, 6.45) is 6.86. The van der Waals surface area contributed by atoms with Gasteiger partial charge in [-0.3, -0.25) is 9.36 Å². The molecule has 0 N–H and O–H groups in total. The first-order chi connectivity index (χ1) is 12.0. The van der Waals surface area contributed by atoms with Crippen molar-refractivity contribution in [3.8, 4) is 0 Å². The van der Waals surface area contributed by atoms with Gasteiger partial charge in [0.15, 0.2) is 0 Å². The van der Waals surface area contributed by atoms with E-state index in [1.165, 1.54) is 16.3 Å². The number of carbonyl (C=O) groups excluding carboxylic acids is 1. The molecule has 1 saturated heterocycles. The molecule has 0 unspecified atom stereocenters. The summed E-state index contributed by atoms with van der Waals surface area (Å²) < 4.78 is 1.35. The van der Waals surface area contributed by atoms with Gasteiger partial charge in [-0.15, -0.1) is 0 Å². The van der Waals surface area contributed by atoms with E-state index < -0.39 is 5.69 Å². The van der Waals surface area contributed by atoms with Crippen molar-refractivity contribution in [3.63, 3.8) is 0 Å². The van der Waals surface area contributed by atoms with Gasteiger partial charge >= 0.3 is 5.69 Å². The number of hydrogen-bond donors (Lipinski definition) is 0. The molecule has 7 nitrogen and oxygen atoms in total. The minimum Gasteiger partial charge on any atom is -0.363 e. The summed E-state index contributed by atoms with van der Waals surface area (Å²) in [6.45, 7) is 1.44. The quantitative estimate of drug-likeness (QED) is 0.833. The van der Waals surface area contributed by atoms with Gasteiger partial charge in [-0.1, -0.05) is 0 Å². The number of piperidine rings is 1. The van der Waals surface area contributed by atoms with Crippen LogP contribution in [-0.2, 0) is 11.3 Å². The predicted octanol–water partition coefficient (Wildman–Crippen LogP) is 1.11. The minimum absolute atomic E-state index is 0.0401. The average Bonchev–Trinajstić information content (AvgIpc) is 2.64. The van der Waals surface area contributed by atoms with Crippen LogP contribution in [0.3, 0.4) is 0 Å². The second-order valence-corrected chi connectivity index (χ2v) is 6.55. The first-order valence-corrected chi connectivity index (χ1v) is 8.47. The van der Waals surface area contributed by atoms with E-state index in [0.717, 1.165) is 25.2 Å². The van der Waals surface area contributed by atoms with Crippen LogP contribution in [0.25, 0.3) is 0 Å². The molecule has 0 saturated carbocycles. The molecule has 2 aromatic heterocycles. The van der Waals surface area contributed by atoms with Gasteiger partial charge < -0.3 is 9.80 Å². The van der Waals surface area contributed by atoms with Gasteiger partial charge in [-0.05, 0) is 36.6 Å². The Kier molecular flexibility index (Phi) is 5.11. The Morgan fingerprint density at radius 1 is 1.32 bits per heavy atom. The van der Waals surface area contributed by atoms with Crippen molar-refractivity contribution in [3.05, 3.63) is 52.8 Å². The molecule has 0 bridgehead atoms. The number of likely N-dealkylation sites (tertiary alicyclic amines) is 1. The smallest absolute Gasteiger partial charge is 0.347 e. The third-order valence-electron chi connectivity index (χ3n) is 4.56. The Bertz CT molecular complexity index is 802. The Balaban J connectivity index is 1.70. The van der Waals surface area contributed by atoms with Gasteiger partial charge in [0.05, 0.1) is 0 Å². The van der Waals surface area contributed by atoms with Crippen LogP contribution in [0.15, 0.2) is 41.6 Å². The average molecular weight is 341 g/mol. The number of hydrogen-bond acceptors (Lipinski definition) is 5. The fourth-order valence-electron chi connectivity index (χ4n) is 3.16. The molecular formula is C18H23N5O2. The molecular weight excluding hydrogens is 318 g/mol. The molecule has 0 radical (unpaired) electrons. The second-order valence-electron chi connectivity index (χ2n) is 6.55. The summed E-state index contributed by atoms with van der Waals surface area (Å²) in [7, 11) is 3.93. The lowest BCUT2D eigenvalue weighted by Crippen LogP contribution is -2.42. The first kappa shape index (κ1) is 17.1. The Hall–Kier alpha value is -2.70. The van der Waals surface area contributed by atoms with Crippen LogP contribution in [0, 0.1) is 0 Å². The first-order valence-electron chi connectivity index (χ1n) is 8.47. The number of rotatable bonds is 4. The number of carbonyl (C=O) groups is 1. The van der Waals surface area contributed by atoms with E-state index in [1.54, 1.807) is 12.3 Å². The number of amides is 1. The summed E-state index contributed by atoms with van der Waals surface area (Å²) in [6, 6.07) is 5.77. The van der Waals surface area contributed by atoms with Crippen molar-refractivity contribution in [2.45, 2.75) is 25.3 Å². The van der Waals surface area contributed by atoms with Gasteiger partial charge in [0.1, 0.15) is 12.4 Å². The van der Waals surface area contributed by atoms with Crippen molar-refractivity contribution in [2.24, 2.45) is 0 Å². The van der Waals surface area contributed by atoms with Gasteiger partial charge in [-0.25, -0.2) is 14.8 Å². The van der Waals surface area contributed by atoms with Gasteiger partial charge in [0.25, 0.3) is 0 Å². The third kappa shape index (κ3) is 4.04. The SMILES string of the molecule is CN(C)c1cc([C@@H]2CCCN(C(=O)Cn3cccnc3=O)C2)ccn1. The Morgan fingerprint density at radius 2 is 2.16 bits per heavy atom. The number of nitrogens with zero attached hydrogens (tertiary/aromatic N) is 5. The number of pyridine rings is 1.